The van der Waals surface area contributed by atoms with Crippen LogP contribution in [0.2, 0.25) is 0 Å². The third kappa shape index (κ3) is 5.10. The minimum Gasteiger partial charge on any atom is -0.493 e. The van der Waals surface area contributed by atoms with Gasteiger partial charge in [0.15, 0.2) is 11.5 Å². The predicted molar refractivity (Wildman–Crippen MR) is 113 cm³/mol. The molecule has 158 valence electrons. The predicted octanol–water partition coefficient (Wildman–Crippen LogP) is 4.15. The molecule has 0 unspecified atom stereocenters. The van der Waals surface area contributed by atoms with Gasteiger partial charge >= 0.3 is 0 Å². The Morgan fingerprint density at radius 1 is 1.27 bits per heavy atom. The summed E-state index contributed by atoms with van der Waals surface area (Å²) in [6.07, 6.45) is 0. The van der Waals surface area contributed by atoms with E-state index in [1.165, 1.54) is 41.9 Å². The molecule has 0 aliphatic heterocycles. The first kappa shape index (κ1) is 21.7. The second kappa shape index (κ2) is 9.63. The summed E-state index contributed by atoms with van der Waals surface area (Å²) in [6.45, 7) is 4.37. The third-order valence-electron chi connectivity index (χ3n) is 4.08. The molecule has 0 saturated carbocycles. The monoisotopic (exact) mass is 448 g/mol. The summed E-state index contributed by atoms with van der Waals surface area (Å²) >= 11 is 2.93. The average Bonchev–Trinajstić information content (AvgIpc) is 3.41. The van der Waals surface area contributed by atoms with E-state index in [4.69, 9.17) is 9.47 Å². The van der Waals surface area contributed by atoms with Gasteiger partial charge < -0.3 is 14.8 Å². The van der Waals surface area contributed by atoms with Crippen LogP contribution in [0.3, 0.4) is 0 Å². The van der Waals surface area contributed by atoms with Crippen LogP contribution < -0.4 is 14.8 Å². The highest BCUT2D eigenvalue weighted by Crippen LogP contribution is 2.35. The fourth-order valence-corrected chi connectivity index (χ4v) is 3.93. The number of hydrogen-bond acceptors (Lipinski definition) is 9. The number of nitro benzene ring substituents is 1. The second-order valence-electron chi connectivity index (χ2n) is 6.56. The van der Waals surface area contributed by atoms with Crippen LogP contribution in [-0.2, 0) is 13.2 Å². The Hall–Kier alpha value is -3.05. The van der Waals surface area contributed by atoms with Gasteiger partial charge in [-0.2, -0.15) is 0 Å². The first-order chi connectivity index (χ1) is 14.4. The molecule has 0 saturated heterocycles. The Balaban J connectivity index is 1.79. The zero-order chi connectivity index (χ0) is 21.7. The topological polar surface area (TPSA) is 116 Å². The highest BCUT2D eigenvalue weighted by Gasteiger charge is 2.25. The van der Waals surface area contributed by atoms with Crippen molar-refractivity contribution in [3.05, 3.63) is 60.5 Å². The number of methoxy groups -OCH3 is 1. The molecule has 2 heterocycles. The van der Waals surface area contributed by atoms with Gasteiger partial charge in [0, 0.05) is 22.7 Å². The number of benzene rings is 1. The van der Waals surface area contributed by atoms with Gasteiger partial charge in [-0.1, -0.05) is 13.8 Å². The Morgan fingerprint density at radius 3 is 2.67 bits per heavy atom. The maximum Gasteiger partial charge on any atom is 0.286 e. The number of carbonyl (C=O) groups excluding carboxylic acids is 1. The van der Waals surface area contributed by atoms with Crippen molar-refractivity contribution in [2.24, 2.45) is 0 Å². The molecule has 0 aliphatic carbocycles. The molecule has 0 atom stereocenters. The van der Waals surface area contributed by atoms with Crippen molar-refractivity contribution >= 4 is 34.3 Å². The van der Waals surface area contributed by atoms with Crippen molar-refractivity contribution < 1.29 is 19.2 Å². The summed E-state index contributed by atoms with van der Waals surface area (Å²) in [5, 5.41) is 18.9. The van der Waals surface area contributed by atoms with Gasteiger partial charge in [-0.05, 0) is 0 Å². The molecule has 0 fully saturated rings. The largest absolute Gasteiger partial charge is 0.493 e. The molecule has 11 heteroatoms. The average molecular weight is 449 g/mol. The maximum atomic E-state index is 12.7. The minimum atomic E-state index is -0.621. The molecule has 1 N–H and O–H groups in total. The number of nitrogens with zero attached hydrogens (tertiary/aromatic N) is 3. The van der Waals surface area contributed by atoms with Crippen LogP contribution >= 0.6 is 22.7 Å². The summed E-state index contributed by atoms with van der Waals surface area (Å²) in [7, 11) is 1.40. The summed E-state index contributed by atoms with van der Waals surface area (Å²) in [5.74, 6) is 0.0818. The highest BCUT2D eigenvalue weighted by atomic mass is 32.1. The molecule has 0 radical (unpaired) electrons. The van der Waals surface area contributed by atoms with E-state index >= 15 is 0 Å². The molecule has 0 bridgehead atoms. The van der Waals surface area contributed by atoms with Gasteiger partial charge in [-0.25, -0.2) is 9.97 Å². The van der Waals surface area contributed by atoms with Gasteiger partial charge in [-0.3, -0.25) is 14.9 Å². The fourth-order valence-electron chi connectivity index (χ4n) is 2.55. The van der Waals surface area contributed by atoms with Crippen molar-refractivity contribution in [3.63, 3.8) is 0 Å². The SMILES string of the molecule is COc1cc(C(=O)NCc2csc(C(C)C)n2)c([N+](=O)[O-])cc1OCc1cscn1. The molecule has 9 nitrogen and oxygen atoms in total. The van der Waals surface area contributed by atoms with Crippen molar-refractivity contribution in [3.8, 4) is 11.5 Å². The number of nitrogens with one attached hydrogen (secondary N) is 1. The zero-order valence-corrected chi connectivity index (χ0v) is 18.2. The van der Waals surface area contributed by atoms with Crippen LogP contribution in [0.4, 0.5) is 5.69 Å². The maximum absolute atomic E-state index is 12.7. The van der Waals surface area contributed by atoms with Crippen LogP contribution in [0.25, 0.3) is 0 Å². The Labute approximate surface area is 180 Å². The minimum absolute atomic E-state index is 0.114. The highest BCUT2D eigenvalue weighted by molar-refractivity contribution is 7.09. The quantitative estimate of drug-likeness (QED) is 0.386. The molecule has 3 rings (SSSR count). The molecular formula is C19H20N4O5S2. The number of nitro groups is 1. The fraction of sp³-hybridized carbons (Fsp3) is 0.316. The number of aromatic nitrogens is 2. The van der Waals surface area contributed by atoms with Gasteiger partial charge in [0.2, 0.25) is 0 Å². The number of carbonyl (C=O) groups is 1. The van der Waals surface area contributed by atoms with E-state index < -0.39 is 10.8 Å². The van der Waals surface area contributed by atoms with E-state index in [-0.39, 0.29) is 35.9 Å². The molecule has 0 spiro atoms. The standard InChI is InChI=1S/C19H20N4O5S2/c1-11(2)19-22-12(9-30-19)6-20-18(24)14-4-16(27-3)17(5-15(14)23(25)26)28-7-13-8-29-10-21-13/h4-5,8-11H,6-7H2,1-3H3,(H,20,24). The van der Waals surface area contributed by atoms with Crippen LogP contribution in [0.1, 0.15) is 46.5 Å². The lowest BCUT2D eigenvalue weighted by Crippen LogP contribution is -2.24. The zero-order valence-electron chi connectivity index (χ0n) is 16.6. The lowest BCUT2D eigenvalue weighted by molar-refractivity contribution is -0.385. The van der Waals surface area contributed by atoms with E-state index in [0.717, 1.165) is 5.01 Å². The van der Waals surface area contributed by atoms with Crippen LogP contribution in [0, 0.1) is 10.1 Å². The molecule has 1 amide bonds. The Morgan fingerprint density at radius 2 is 2.07 bits per heavy atom. The molecule has 0 aliphatic rings. The lowest BCUT2D eigenvalue weighted by Gasteiger charge is -2.12. The van der Waals surface area contributed by atoms with Crippen molar-refractivity contribution in [1.29, 1.82) is 0 Å². The number of thiazole rings is 2. The van der Waals surface area contributed by atoms with Crippen molar-refractivity contribution in [2.45, 2.75) is 32.9 Å². The Kier molecular flexibility index (Phi) is 6.95. The van der Waals surface area contributed by atoms with E-state index in [2.05, 4.69) is 15.3 Å². The van der Waals surface area contributed by atoms with Crippen LogP contribution in [-0.4, -0.2) is 27.9 Å². The second-order valence-corrected chi connectivity index (χ2v) is 8.17. The first-order valence-corrected chi connectivity index (χ1v) is 10.8. The number of hydrogen-bond donors (Lipinski definition) is 1. The molecule has 3 aromatic rings. The number of ether oxygens (including phenoxy) is 2. The first-order valence-electron chi connectivity index (χ1n) is 8.97. The van der Waals surface area contributed by atoms with Gasteiger partial charge in [0.1, 0.15) is 12.2 Å². The normalized spacial score (nSPS) is 10.8. The van der Waals surface area contributed by atoms with Crippen LogP contribution in [0.5, 0.6) is 11.5 Å². The number of rotatable bonds is 9. The van der Waals surface area contributed by atoms with Crippen LogP contribution in [0.15, 0.2) is 28.4 Å². The molecule has 2 aromatic heterocycles. The molecule has 1 aromatic carbocycles. The van der Waals surface area contributed by atoms with E-state index in [1.807, 2.05) is 24.6 Å². The lowest BCUT2D eigenvalue weighted by atomic mass is 10.1. The summed E-state index contributed by atoms with van der Waals surface area (Å²) < 4.78 is 10.9. The summed E-state index contributed by atoms with van der Waals surface area (Å²) in [6, 6.07) is 2.50. The van der Waals surface area contributed by atoms with Crippen molar-refractivity contribution in [1.82, 2.24) is 15.3 Å². The van der Waals surface area contributed by atoms with Gasteiger partial charge in [0.25, 0.3) is 11.6 Å². The summed E-state index contributed by atoms with van der Waals surface area (Å²) in [5.41, 5.74) is 2.57. The van der Waals surface area contributed by atoms with E-state index in [0.29, 0.717) is 17.3 Å². The molecular weight excluding hydrogens is 428 g/mol. The number of amides is 1. The Bertz CT molecular complexity index is 1030. The molecule has 30 heavy (non-hydrogen) atoms. The van der Waals surface area contributed by atoms with E-state index in [1.54, 1.807) is 5.51 Å². The van der Waals surface area contributed by atoms with E-state index in [9.17, 15) is 14.9 Å². The van der Waals surface area contributed by atoms with Gasteiger partial charge in [0.05, 0.1) is 46.6 Å². The van der Waals surface area contributed by atoms with Crippen molar-refractivity contribution in [2.75, 3.05) is 7.11 Å². The summed E-state index contributed by atoms with van der Waals surface area (Å²) in [4.78, 5) is 32.2. The third-order valence-corrected chi connectivity index (χ3v) is 5.91. The smallest absolute Gasteiger partial charge is 0.286 e. The van der Waals surface area contributed by atoms with Gasteiger partial charge in [-0.15, -0.1) is 22.7 Å².